The summed E-state index contributed by atoms with van der Waals surface area (Å²) >= 11 is 7.51. The molecule has 1 aromatic rings. The van der Waals surface area contributed by atoms with Gasteiger partial charge in [-0.05, 0) is 30.4 Å². The van der Waals surface area contributed by atoms with Gasteiger partial charge in [0.15, 0.2) is 0 Å². The zero-order valence-corrected chi connectivity index (χ0v) is 9.27. The molecule has 1 rings (SSSR count). The molecule has 0 radical (unpaired) electrons. The molecule has 14 heavy (non-hydrogen) atoms. The standard InChI is InChI=1S/C10H12ClNOS/c11-8-3-1-4-9(7-8)14-6-2-5-10(12)13/h1,3-4,7H,2,5-6H2,(H2,12,13). The highest BCUT2D eigenvalue weighted by Crippen LogP contribution is 2.22. The number of halogens is 1. The second-order valence-electron chi connectivity index (χ2n) is 2.88. The van der Waals surface area contributed by atoms with Gasteiger partial charge in [0.05, 0.1) is 0 Å². The summed E-state index contributed by atoms with van der Waals surface area (Å²) < 4.78 is 0. The molecule has 0 aliphatic rings. The zero-order valence-electron chi connectivity index (χ0n) is 7.70. The maximum Gasteiger partial charge on any atom is 0.217 e. The molecular formula is C10H12ClNOS. The van der Waals surface area contributed by atoms with E-state index in [2.05, 4.69) is 0 Å². The molecule has 1 aromatic carbocycles. The first-order chi connectivity index (χ1) is 6.68. The number of hydrogen-bond acceptors (Lipinski definition) is 2. The highest BCUT2D eigenvalue weighted by molar-refractivity contribution is 7.99. The first kappa shape index (κ1) is 11.4. The van der Waals surface area contributed by atoms with Crippen molar-refractivity contribution in [2.45, 2.75) is 17.7 Å². The summed E-state index contributed by atoms with van der Waals surface area (Å²) in [5.74, 6) is 0.653. The molecule has 0 aliphatic heterocycles. The van der Waals surface area contributed by atoms with Gasteiger partial charge < -0.3 is 5.73 Å². The number of nitrogens with two attached hydrogens (primary N) is 1. The Hall–Kier alpha value is -0.670. The maximum atomic E-state index is 10.5. The Kier molecular flexibility index (Phi) is 4.84. The Bertz CT molecular complexity index is 317. The lowest BCUT2D eigenvalue weighted by atomic mass is 10.3. The van der Waals surface area contributed by atoms with Crippen LogP contribution < -0.4 is 5.73 Å². The lowest BCUT2D eigenvalue weighted by Gasteiger charge is -2.00. The minimum Gasteiger partial charge on any atom is -0.370 e. The van der Waals surface area contributed by atoms with Gasteiger partial charge in [-0.3, -0.25) is 4.79 Å². The molecule has 2 nitrogen and oxygen atoms in total. The molecule has 0 heterocycles. The number of hydrogen-bond donors (Lipinski definition) is 1. The summed E-state index contributed by atoms with van der Waals surface area (Å²) in [6.45, 7) is 0. The smallest absolute Gasteiger partial charge is 0.217 e. The van der Waals surface area contributed by atoms with Gasteiger partial charge in [0.2, 0.25) is 5.91 Å². The Labute approximate surface area is 92.8 Å². The van der Waals surface area contributed by atoms with Crippen LogP contribution in [0.2, 0.25) is 5.02 Å². The van der Waals surface area contributed by atoms with Crippen molar-refractivity contribution in [2.75, 3.05) is 5.75 Å². The van der Waals surface area contributed by atoms with Gasteiger partial charge in [-0.25, -0.2) is 0 Å². The molecule has 0 aliphatic carbocycles. The van der Waals surface area contributed by atoms with E-state index in [1.54, 1.807) is 11.8 Å². The van der Waals surface area contributed by atoms with Gasteiger partial charge in [0.1, 0.15) is 0 Å². The van der Waals surface area contributed by atoms with E-state index in [-0.39, 0.29) is 5.91 Å². The van der Waals surface area contributed by atoms with E-state index in [1.807, 2.05) is 24.3 Å². The molecule has 0 spiro atoms. The van der Waals surface area contributed by atoms with Crippen LogP contribution in [-0.4, -0.2) is 11.7 Å². The number of rotatable bonds is 5. The van der Waals surface area contributed by atoms with Crippen molar-refractivity contribution in [3.8, 4) is 0 Å². The minimum atomic E-state index is -0.239. The third-order valence-corrected chi connectivity index (χ3v) is 2.95. The molecule has 0 unspecified atom stereocenters. The van der Waals surface area contributed by atoms with Crippen molar-refractivity contribution >= 4 is 29.3 Å². The monoisotopic (exact) mass is 229 g/mol. The van der Waals surface area contributed by atoms with Gasteiger partial charge in [-0.1, -0.05) is 17.7 Å². The van der Waals surface area contributed by atoms with E-state index in [0.29, 0.717) is 6.42 Å². The molecule has 4 heteroatoms. The van der Waals surface area contributed by atoms with Crippen molar-refractivity contribution in [3.05, 3.63) is 29.3 Å². The van der Waals surface area contributed by atoms with Crippen LogP contribution >= 0.6 is 23.4 Å². The molecule has 0 aromatic heterocycles. The van der Waals surface area contributed by atoms with Crippen molar-refractivity contribution < 1.29 is 4.79 Å². The maximum absolute atomic E-state index is 10.5. The highest BCUT2D eigenvalue weighted by Gasteiger charge is 1.97. The van der Waals surface area contributed by atoms with Crippen molar-refractivity contribution in [3.63, 3.8) is 0 Å². The van der Waals surface area contributed by atoms with E-state index in [4.69, 9.17) is 17.3 Å². The normalized spacial score (nSPS) is 10.1. The van der Waals surface area contributed by atoms with E-state index in [9.17, 15) is 4.79 Å². The van der Waals surface area contributed by atoms with Crippen LogP contribution in [0.15, 0.2) is 29.2 Å². The Morgan fingerprint density at radius 3 is 2.93 bits per heavy atom. The van der Waals surface area contributed by atoms with E-state index < -0.39 is 0 Å². The zero-order chi connectivity index (χ0) is 10.4. The molecule has 2 N–H and O–H groups in total. The number of carbonyl (C=O) groups is 1. The van der Waals surface area contributed by atoms with Crippen LogP contribution in [0.5, 0.6) is 0 Å². The largest absolute Gasteiger partial charge is 0.370 e. The predicted molar refractivity (Wildman–Crippen MR) is 60.6 cm³/mol. The van der Waals surface area contributed by atoms with Crippen molar-refractivity contribution in [2.24, 2.45) is 5.73 Å². The number of amides is 1. The first-order valence-electron chi connectivity index (χ1n) is 4.35. The molecule has 76 valence electrons. The molecular weight excluding hydrogens is 218 g/mol. The second kappa shape index (κ2) is 5.94. The number of carbonyl (C=O) groups excluding carboxylic acids is 1. The van der Waals surface area contributed by atoms with Crippen LogP contribution in [0.1, 0.15) is 12.8 Å². The fourth-order valence-corrected chi connectivity index (χ4v) is 2.16. The SMILES string of the molecule is NC(=O)CCCSc1cccc(Cl)c1. The lowest BCUT2D eigenvalue weighted by molar-refractivity contribution is -0.118. The fourth-order valence-electron chi connectivity index (χ4n) is 0.993. The topological polar surface area (TPSA) is 43.1 Å². The molecule has 0 bridgehead atoms. The molecule has 0 fully saturated rings. The summed E-state index contributed by atoms with van der Waals surface area (Å²) in [5.41, 5.74) is 5.03. The second-order valence-corrected chi connectivity index (χ2v) is 4.48. The van der Waals surface area contributed by atoms with Gasteiger partial charge in [-0.2, -0.15) is 0 Å². The van der Waals surface area contributed by atoms with Crippen molar-refractivity contribution in [1.82, 2.24) is 0 Å². The Morgan fingerprint density at radius 1 is 1.50 bits per heavy atom. The summed E-state index contributed by atoms with van der Waals surface area (Å²) in [4.78, 5) is 11.6. The van der Waals surface area contributed by atoms with Crippen LogP contribution in [0.3, 0.4) is 0 Å². The van der Waals surface area contributed by atoms with Crippen LogP contribution in [0.4, 0.5) is 0 Å². The first-order valence-corrected chi connectivity index (χ1v) is 5.71. The van der Waals surface area contributed by atoms with Crippen LogP contribution in [0.25, 0.3) is 0 Å². The Balaban J connectivity index is 2.28. The third-order valence-electron chi connectivity index (χ3n) is 1.63. The summed E-state index contributed by atoms with van der Waals surface area (Å²) in [7, 11) is 0. The average Bonchev–Trinajstić information content (AvgIpc) is 2.12. The summed E-state index contributed by atoms with van der Waals surface area (Å²) in [6.07, 6.45) is 1.26. The van der Waals surface area contributed by atoms with Gasteiger partial charge in [-0.15, -0.1) is 11.8 Å². The van der Waals surface area contributed by atoms with Crippen LogP contribution in [0, 0.1) is 0 Å². The van der Waals surface area contributed by atoms with Crippen molar-refractivity contribution in [1.29, 1.82) is 0 Å². The van der Waals surface area contributed by atoms with Gasteiger partial charge >= 0.3 is 0 Å². The molecule has 0 saturated carbocycles. The lowest BCUT2D eigenvalue weighted by Crippen LogP contribution is -2.09. The molecule has 0 atom stereocenters. The highest BCUT2D eigenvalue weighted by atomic mass is 35.5. The minimum absolute atomic E-state index is 0.239. The van der Waals surface area contributed by atoms with E-state index in [1.165, 1.54) is 0 Å². The molecule has 0 saturated heterocycles. The summed E-state index contributed by atoms with van der Waals surface area (Å²) in [6, 6.07) is 7.67. The Morgan fingerprint density at radius 2 is 2.29 bits per heavy atom. The quantitative estimate of drug-likeness (QED) is 0.623. The average molecular weight is 230 g/mol. The van der Waals surface area contributed by atoms with Crippen LogP contribution in [-0.2, 0) is 4.79 Å². The fraction of sp³-hybridized carbons (Fsp3) is 0.300. The summed E-state index contributed by atoms with van der Waals surface area (Å²) in [5, 5.41) is 0.741. The van der Waals surface area contributed by atoms with Gasteiger partial charge in [0.25, 0.3) is 0 Å². The predicted octanol–water partition coefficient (Wildman–Crippen LogP) is 2.70. The number of primary amides is 1. The number of thioether (sulfide) groups is 1. The number of benzene rings is 1. The molecule has 1 amide bonds. The van der Waals surface area contributed by atoms with E-state index in [0.717, 1.165) is 22.1 Å². The third kappa shape index (κ3) is 4.53. The van der Waals surface area contributed by atoms with Gasteiger partial charge in [0, 0.05) is 16.3 Å². The van der Waals surface area contributed by atoms with E-state index >= 15 is 0 Å².